The van der Waals surface area contributed by atoms with Crippen LogP contribution in [0.4, 0.5) is 0 Å². The second kappa shape index (κ2) is 9.39. The number of carboxylic acid groups (broad SMARTS) is 1. The monoisotopic (exact) mass is 389 g/mol. The van der Waals surface area contributed by atoms with Gasteiger partial charge in [0.2, 0.25) is 0 Å². The first-order valence-corrected chi connectivity index (χ1v) is 9.53. The van der Waals surface area contributed by atoms with Gasteiger partial charge >= 0.3 is 11.6 Å². The lowest BCUT2D eigenvalue weighted by Gasteiger charge is -2.22. The molecular formula is C21H27NO6. The molecule has 0 bridgehead atoms. The molecule has 0 aliphatic rings. The maximum atomic E-state index is 12.4. The maximum absolute atomic E-state index is 12.4. The third-order valence-corrected chi connectivity index (χ3v) is 4.78. The summed E-state index contributed by atoms with van der Waals surface area (Å²) >= 11 is 0. The molecule has 3 atom stereocenters. The quantitative estimate of drug-likeness (QED) is 0.638. The van der Waals surface area contributed by atoms with Gasteiger partial charge in [-0.05, 0) is 37.0 Å². The summed E-state index contributed by atoms with van der Waals surface area (Å²) in [4.78, 5) is 35.5. The standard InChI is InChI=1S/C21H27NO6/c1-5-7-14-10-18(23)28-17-11-15(8-9-16(14)17)27-13(4)20(24)22-19(21(25)26)12(3)6-2/h8-13,19H,5-7H2,1-4H3,(H,22,24)(H,25,26)/t12-,13+,19+/m1/s1. The van der Waals surface area contributed by atoms with Crippen molar-refractivity contribution in [1.29, 1.82) is 0 Å². The Kier molecular flexibility index (Phi) is 7.20. The average Bonchev–Trinajstić information content (AvgIpc) is 2.64. The van der Waals surface area contributed by atoms with Crippen LogP contribution in [0.25, 0.3) is 11.0 Å². The molecule has 0 aliphatic heterocycles. The number of aryl methyl sites for hydroxylation is 1. The number of hydrogen-bond donors (Lipinski definition) is 2. The zero-order chi connectivity index (χ0) is 20.8. The molecule has 152 valence electrons. The smallest absolute Gasteiger partial charge is 0.336 e. The van der Waals surface area contributed by atoms with E-state index in [9.17, 15) is 19.5 Å². The van der Waals surface area contributed by atoms with E-state index in [1.165, 1.54) is 6.07 Å². The zero-order valence-electron chi connectivity index (χ0n) is 16.7. The molecule has 0 spiro atoms. The van der Waals surface area contributed by atoms with Crippen molar-refractivity contribution in [3.63, 3.8) is 0 Å². The van der Waals surface area contributed by atoms with Crippen molar-refractivity contribution in [2.75, 3.05) is 0 Å². The molecule has 1 heterocycles. The summed E-state index contributed by atoms with van der Waals surface area (Å²) in [5.41, 5.74) is 0.866. The minimum atomic E-state index is -1.08. The van der Waals surface area contributed by atoms with Gasteiger partial charge in [-0.15, -0.1) is 0 Å². The van der Waals surface area contributed by atoms with Gasteiger partial charge in [0.15, 0.2) is 6.10 Å². The summed E-state index contributed by atoms with van der Waals surface area (Å²) in [5, 5.41) is 12.7. The Morgan fingerprint density at radius 1 is 1.21 bits per heavy atom. The number of nitrogens with one attached hydrogen (secondary N) is 1. The van der Waals surface area contributed by atoms with E-state index in [-0.39, 0.29) is 5.92 Å². The first kappa shape index (κ1) is 21.5. The minimum absolute atomic E-state index is 0.208. The van der Waals surface area contributed by atoms with Crippen molar-refractivity contribution in [3.05, 3.63) is 40.2 Å². The average molecular weight is 389 g/mol. The molecule has 7 heteroatoms. The topological polar surface area (TPSA) is 106 Å². The van der Waals surface area contributed by atoms with Crippen molar-refractivity contribution in [2.45, 2.75) is 59.1 Å². The van der Waals surface area contributed by atoms with Gasteiger partial charge < -0.3 is 19.6 Å². The van der Waals surface area contributed by atoms with Gasteiger partial charge in [-0.3, -0.25) is 4.79 Å². The highest BCUT2D eigenvalue weighted by Crippen LogP contribution is 2.24. The van der Waals surface area contributed by atoms with E-state index >= 15 is 0 Å². The van der Waals surface area contributed by atoms with Crippen molar-refractivity contribution in [1.82, 2.24) is 5.32 Å². The second-order valence-corrected chi connectivity index (χ2v) is 6.97. The first-order valence-electron chi connectivity index (χ1n) is 9.53. The van der Waals surface area contributed by atoms with Crippen molar-refractivity contribution < 1.29 is 23.8 Å². The van der Waals surface area contributed by atoms with E-state index in [2.05, 4.69) is 5.32 Å². The van der Waals surface area contributed by atoms with E-state index in [4.69, 9.17) is 9.15 Å². The van der Waals surface area contributed by atoms with Crippen LogP contribution in [0.15, 0.2) is 33.5 Å². The molecule has 1 aromatic carbocycles. The number of aliphatic carboxylic acids is 1. The Hall–Kier alpha value is -2.83. The van der Waals surface area contributed by atoms with Crippen LogP contribution in [0, 0.1) is 5.92 Å². The van der Waals surface area contributed by atoms with Crippen LogP contribution in [-0.4, -0.2) is 29.1 Å². The van der Waals surface area contributed by atoms with Crippen LogP contribution in [0.2, 0.25) is 0 Å². The third-order valence-electron chi connectivity index (χ3n) is 4.78. The molecule has 2 N–H and O–H groups in total. The van der Waals surface area contributed by atoms with Gasteiger partial charge in [0, 0.05) is 17.5 Å². The number of benzene rings is 1. The van der Waals surface area contributed by atoms with Crippen molar-refractivity contribution in [3.8, 4) is 5.75 Å². The van der Waals surface area contributed by atoms with E-state index in [1.807, 2.05) is 13.8 Å². The molecule has 0 saturated heterocycles. The maximum Gasteiger partial charge on any atom is 0.336 e. The Labute approximate surface area is 163 Å². The predicted molar refractivity (Wildman–Crippen MR) is 106 cm³/mol. The molecule has 0 aliphatic carbocycles. The minimum Gasteiger partial charge on any atom is -0.481 e. The van der Waals surface area contributed by atoms with Crippen LogP contribution < -0.4 is 15.7 Å². The lowest BCUT2D eigenvalue weighted by molar-refractivity contribution is -0.144. The van der Waals surface area contributed by atoms with Crippen molar-refractivity contribution in [2.24, 2.45) is 5.92 Å². The molecule has 2 aromatic rings. The van der Waals surface area contributed by atoms with Crippen LogP contribution in [0.1, 0.15) is 46.1 Å². The van der Waals surface area contributed by atoms with Gasteiger partial charge in [0.05, 0.1) is 0 Å². The molecule has 0 saturated carbocycles. The number of carboxylic acids is 1. The fourth-order valence-corrected chi connectivity index (χ4v) is 2.97. The summed E-state index contributed by atoms with van der Waals surface area (Å²) in [6.07, 6.45) is 1.37. The lowest BCUT2D eigenvalue weighted by atomic mass is 9.99. The van der Waals surface area contributed by atoms with E-state index in [0.717, 1.165) is 23.8 Å². The van der Waals surface area contributed by atoms with Crippen LogP contribution in [-0.2, 0) is 16.0 Å². The number of carbonyl (C=O) groups is 2. The predicted octanol–water partition coefficient (Wildman–Crippen LogP) is 3.13. The molecule has 7 nitrogen and oxygen atoms in total. The van der Waals surface area contributed by atoms with E-state index < -0.39 is 29.6 Å². The van der Waals surface area contributed by atoms with Gasteiger partial charge in [0.1, 0.15) is 17.4 Å². The fourth-order valence-electron chi connectivity index (χ4n) is 2.97. The molecule has 1 amide bonds. The summed E-state index contributed by atoms with van der Waals surface area (Å²) in [6, 6.07) is 5.58. The molecular weight excluding hydrogens is 362 g/mol. The van der Waals surface area contributed by atoms with Gasteiger partial charge in [-0.1, -0.05) is 33.6 Å². The normalized spacial score (nSPS) is 14.3. The summed E-state index contributed by atoms with van der Waals surface area (Å²) in [7, 11) is 0. The van der Waals surface area contributed by atoms with E-state index in [1.54, 1.807) is 32.0 Å². The molecule has 28 heavy (non-hydrogen) atoms. The number of amides is 1. The van der Waals surface area contributed by atoms with Crippen LogP contribution in [0.3, 0.4) is 0 Å². The Morgan fingerprint density at radius 2 is 1.93 bits per heavy atom. The zero-order valence-corrected chi connectivity index (χ0v) is 16.7. The first-order chi connectivity index (χ1) is 13.3. The second-order valence-electron chi connectivity index (χ2n) is 6.97. The highest BCUT2D eigenvalue weighted by Gasteiger charge is 2.28. The van der Waals surface area contributed by atoms with Crippen LogP contribution >= 0.6 is 0 Å². The third kappa shape index (κ3) is 5.12. The van der Waals surface area contributed by atoms with Gasteiger partial charge in [-0.25, -0.2) is 9.59 Å². The molecule has 2 rings (SSSR count). The summed E-state index contributed by atoms with van der Waals surface area (Å²) in [6.45, 7) is 7.20. The lowest BCUT2D eigenvalue weighted by Crippen LogP contribution is -2.49. The Bertz CT molecular complexity index is 903. The highest BCUT2D eigenvalue weighted by atomic mass is 16.5. The highest BCUT2D eigenvalue weighted by molar-refractivity contribution is 5.86. The van der Waals surface area contributed by atoms with Crippen LogP contribution in [0.5, 0.6) is 5.75 Å². The summed E-state index contributed by atoms with van der Waals surface area (Å²) in [5.74, 6) is -1.44. The Balaban J connectivity index is 2.18. The molecule has 0 radical (unpaired) electrons. The molecule has 1 aromatic heterocycles. The number of rotatable bonds is 9. The van der Waals surface area contributed by atoms with Gasteiger partial charge in [0.25, 0.3) is 5.91 Å². The summed E-state index contributed by atoms with van der Waals surface area (Å²) < 4.78 is 10.9. The SMILES string of the molecule is CCCc1cc(=O)oc2cc(O[C@@H](C)C(=O)N[C@H](C(=O)O)[C@H](C)CC)ccc12. The number of carbonyl (C=O) groups excluding carboxylic acids is 1. The number of fused-ring (bicyclic) bond motifs is 1. The fraction of sp³-hybridized carbons (Fsp3) is 0.476. The number of ether oxygens (including phenoxy) is 1. The molecule has 0 unspecified atom stereocenters. The van der Waals surface area contributed by atoms with Gasteiger partial charge in [-0.2, -0.15) is 0 Å². The largest absolute Gasteiger partial charge is 0.481 e. The van der Waals surface area contributed by atoms with E-state index in [0.29, 0.717) is 17.8 Å². The molecule has 0 fully saturated rings. The van der Waals surface area contributed by atoms with Crippen molar-refractivity contribution >= 4 is 22.8 Å². The number of hydrogen-bond acceptors (Lipinski definition) is 5. The Morgan fingerprint density at radius 3 is 2.54 bits per heavy atom.